The number of nitrogens with one attached hydrogen (secondary N) is 2. The maximum absolute atomic E-state index is 13.0. The summed E-state index contributed by atoms with van der Waals surface area (Å²) in [6.07, 6.45) is 3.57. The molecular formula is C38H47BN4O6. The lowest BCUT2D eigenvalue weighted by molar-refractivity contribution is 0.101. The number of anilines is 2. The van der Waals surface area contributed by atoms with Crippen LogP contribution in [0.3, 0.4) is 0 Å². The van der Waals surface area contributed by atoms with Crippen LogP contribution in [0.25, 0.3) is 0 Å². The Balaban J connectivity index is 1.24. The van der Waals surface area contributed by atoms with Crippen molar-refractivity contribution in [2.75, 3.05) is 66.1 Å². The summed E-state index contributed by atoms with van der Waals surface area (Å²) in [5.74, 6) is 2.36. The molecule has 258 valence electrons. The third kappa shape index (κ3) is 11.6. The summed E-state index contributed by atoms with van der Waals surface area (Å²) in [7, 11) is 11.4. The van der Waals surface area contributed by atoms with E-state index in [1.807, 2.05) is 52.5 Å². The van der Waals surface area contributed by atoms with Crippen LogP contribution in [0.2, 0.25) is 0 Å². The highest BCUT2D eigenvalue weighted by molar-refractivity contribution is 6.20. The molecule has 0 radical (unpaired) electrons. The number of carbonyl (C=O) groups is 2. The van der Waals surface area contributed by atoms with E-state index in [-0.39, 0.29) is 19.5 Å². The van der Waals surface area contributed by atoms with Crippen LogP contribution in [-0.4, -0.2) is 84.8 Å². The van der Waals surface area contributed by atoms with E-state index in [4.69, 9.17) is 18.8 Å². The molecule has 0 aliphatic carbocycles. The predicted molar refractivity (Wildman–Crippen MR) is 197 cm³/mol. The van der Waals surface area contributed by atoms with Gasteiger partial charge in [-0.25, -0.2) is 0 Å². The Kier molecular flexibility index (Phi) is 13.9. The summed E-state index contributed by atoms with van der Waals surface area (Å²) >= 11 is 0. The van der Waals surface area contributed by atoms with Crippen molar-refractivity contribution in [1.82, 2.24) is 9.80 Å². The first-order valence-electron chi connectivity index (χ1n) is 16.4. The van der Waals surface area contributed by atoms with E-state index in [9.17, 15) is 9.59 Å². The fourth-order valence-corrected chi connectivity index (χ4v) is 5.24. The van der Waals surface area contributed by atoms with Crippen molar-refractivity contribution in [2.45, 2.75) is 25.7 Å². The number of aryl methyl sites for hydroxylation is 2. The molecule has 0 saturated carbocycles. The zero-order valence-corrected chi connectivity index (χ0v) is 29.4. The molecule has 0 bridgehead atoms. The van der Waals surface area contributed by atoms with Crippen LogP contribution in [0.4, 0.5) is 11.4 Å². The van der Waals surface area contributed by atoms with Crippen LogP contribution < -0.4 is 29.4 Å². The lowest BCUT2D eigenvalue weighted by Gasteiger charge is -2.13. The average molecular weight is 667 g/mol. The van der Waals surface area contributed by atoms with Gasteiger partial charge in [0.2, 0.25) is 0 Å². The number of nitrogens with zero attached hydrogens (tertiary/aromatic N) is 2. The molecular weight excluding hydrogens is 619 g/mol. The lowest BCUT2D eigenvalue weighted by atomic mass is 10.0. The summed E-state index contributed by atoms with van der Waals surface area (Å²) in [6.45, 7) is 1.91. The lowest BCUT2D eigenvalue weighted by Crippen LogP contribution is -2.15. The Morgan fingerprint density at radius 1 is 0.592 bits per heavy atom. The standard InChI is InChI=1S/C38H47BN4O6/c1-42(2)23-7-9-27-25-29(11-21-35(27)46-5)37(44)40-31-13-17-33(18-14-31)48-39-49-34-19-15-32(16-20-34)41-38(45)30-12-22-36(47-6)28(26-30)10-8-24-43(3)4/h11-22,25-26,39H,7-10,23-24H2,1-6H3,(H,40,44)(H,41,45). The van der Waals surface area contributed by atoms with Gasteiger partial charge in [-0.15, -0.1) is 0 Å². The minimum Gasteiger partial charge on any atom is -0.529 e. The Labute approximate surface area is 290 Å². The van der Waals surface area contributed by atoms with Gasteiger partial charge < -0.3 is 39.2 Å². The first-order valence-corrected chi connectivity index (χ1v) is 16.4. The van der Waals surface area contributed by atoms with Crippen LogP contribution in [0.5, 0.6) is 23.0 Å². The number of ether oxygens (including phenoxy) is 2. The fraction of sp³-hybridized carbons (Fsp3) is 0.316. The number of methoxy groups -OCH3 is 2. The van der Waals surface area contributed by atoms with Gasteiger partial charge in [0.25, 0.3) is 11.8 Å². The molecule has 0 unspecified atom stereocenters. The molecule has 2 N–H and O–H groups in total. The molecule has 11 heteroatoms. The van der Waals surface area contributed by atoms with Crippen molar-refractivity contribution in [2.24, 2.45) is 0 Å². The van der Waals surface area contributed by atoms with Crippen LogP contribution in [-0.2, 0) is 12.8 Å². The molecule has 0 atom stereocenters. The third-order valence-corrected chi connectivity index (χ3v) is 7.86. The van der Waals surface area contributed by atoms with Gasteiger partial charge in [-0.05, 0) is 163 Å². The monoisotopic (exact) mass is 666 g/mol. The van der Waals surface area contributed by atoms with Gasteiger partial charge >= 0.3 is 7.69 Å². The van der Waals surface area contributed by atoms with E-state index in [1.165, 1.54) is 0 Å². The van der Waals surface area contributed by atoms with E-state index < -0.39 is 0 Å². The zero-order valence-electron chi connectivity index (χ0n) is 29.4. The molecule has 0 aliphatic rings. The molecule has 4 rings (SSSR count). The second kappa shape index (κ2) is 18.5. The highest BCUT2D eigenvalue weighted by atomic mass is 16.6. The molecule has 0 fully saturated rings. The quantitative estimate of drug-likeness (QED) is 0.126. The molecule has 10 nitrogen and oxygen atoms in total. The molecule has 0 aliphatic heterocycles. The zero-order chi connectivity index (χ0) is 35.2. The van der Waals surface area contributed by atoms with Crippen LogP contribution in [0, 0.1) is 0 Å². The van der Waals surface area contributed by atoms with E-state index in [0.717, 1.165) is 61.4 Å². The molecule has 2 amide bonds. The molecule has 0 heterocycles. The summed E-state index contributed by atoms with van der Waals surface area (Å²) in [5.41, 5.74) is 4.46. The van der Waals surface area contributed by atoms with E-state index >= 15 is 0 Å². The van der Waals surface area contributed by atoms with Crippen molar-refractivity contribution in [1.29, 1.82) is 0 Å². The van der Waals surface area contributed by atoms with Gasteiger partial charge in [-0.1, -0.05) is 0 Å². The molecule has 49 heavy (non-hydrogen) atoms. The molecule has 4 aromatic carbocycles. The summed E-state index contributed by atoms with van der Waals surface area (Å²) in [6, 6.07) is 25.2. The summed E-state index contributed by atoms with van der Waals surface area (Å²) in [4.78, 5) is 30.2. The highest BCUT2D eigenvalue weighted by Crippen LogP contribution is 2.25. The SMILES string of the molecule is COc1ccc(C(=O)Nc2ccc(OBOc3ccc(NC(=O)c4ccc(OC)c(CCCN(C)C)c4)cc3)cc2)cc1CCCN(C)C. The minimum atomic E-state index is -0.197. The van der Waals surface area contributed by atoms with E-state index in [1.54, 1.807) is 74.9 Å². The van der Waals surface area contributed by atoms with Crippen molar-refractivity contribution in [3.8, 4) is 23.0 Å². The second-order valence-corrected chi connectivity index (χ2v) is 12.2. The normalized spacial score (nSPS) is 10.9. The van der Waals surface area contributed by atoms with Gasteiger partial charge in [-0.3, -0.25) is 9.59 Å². The minimum absolute atomic E-state index is 0.0116. The van der Waals surface area contributed by atoms with Gasteiger partial charge in [0.15, 0.2) is 0 Å². The topological polar surface area (TPSA) is 102 Å². The largest absolute Gasteiger partial charge is 0.576 e. The first kappa shape index (κ1) is 36.8. The average Bonchev–Trinajstić information content (AvgIpc) is 3.09. The van der Waals surface area contributed by atoms with Gasteiger partial charge in [0.05, 0.1) is 14.2 Å². The van der Waals surface area contributed by atoms with Crippen molar-refractivity contribution in [3.05, 3.63) is 107 Å². The number of rotatable bonds is 18. The maximum atomic E-state index is 13.0. The van der Waals surface area contributed by atoms with Gasteiger partial charge in [0.1, 0.15) is 23.0 Å². The number of carbonyl (C=O) groups excluding carboxylic acids is 2. The Morgan fingerprint density at radius 2 is 0.980 bits per heavy atom. The smallest absolute Gasteiger partial charge is 0.529 e. The van der Waals surface area contributed by atoms with Gasteiger partial charge in [-0.2, -0.15) is 0 Å². The van der Waals surface area contributed by atoms with Crippen molar-refractivity contribution in [3.63, 3.8) is 0 Å². The van der Waals surface area contributed by atoms with Crippen LogP contribution in [0.1, 0.15) is 44.7 Å². The highest BCUT2D eigenvalue weighted by Gasteiger charge is 2.13. The molecule has 4 aromatic rings. The van der Waals surface area contributed by atoms with E-state index in [2.05, 4.69) is 20.4 Å². The fourth-order valence-electron chi connectivity index (χ4n) is 5.24. The Morgan fingerprint density at radius 3 is 1.33 bits per heavy atom. The second-order valence-electron chi connectivity index (χ2n) is 12.2. The number of amides is 2. The Hall–Kier alpha value is -5.00. The third-order valence-electron chi connectivity index (χ3n) is 7.86. The summed E-state index contributed by atoms with van der Waals surface area (Å²) in [5, 5.41) is 5.89. The number of benzene rings is 4. The number of hydrogen-bond donors (Lipinski definition) is 2. The first-order chi connectivity index (χ1) is 23.6. The van der Waals surface area contributed by atoms with Crippen molar-refractivity contribution < 1.29 is 28.4 Å². The molecule has 0 saturated heterocycles. The van der Waals surface area contributed by atoms with Crippen molar-refractivity contribution >= 4 is 30.9 Å². The maximum Gasteiger partial charge on any atom is 0.576 e. The molecule has 0 spiro atoms. The Bertz CT molecular complexity index is 1540. The van der Waals surface area contributed by atoms with E-state index in [0.29, 0.717) is 34.0 Å². The summed E-state index contributed by atoms with van der Waals surface area (Å²) < 4.78 is 22.5. The number of hydrogen-bond acceptors (Lipinski definition) is 8. The van der Waals surface area contributed by atoms with Crippen LogP contribution in [0.15, 0.2) is 84.9 Å². The predicted octanol–water partition coefficient (Wildman–Crippen LogP) is 5.92. The van der Waals surface area contributed by atoms with Gasteiger partial charge in [0, 0.05) is 22.5 Å². The molecule has 0 aromatic heterocycles. The van der Waals surface area contributed by atoms with Crippen LogP contribution >= 0.6 is 0 Å².